The summed E-state index contributed by atoms with van der Waals surface area (Å²) in [7, 11) is 0.210. The van der Waals surface area contributed by atoms with Gasteiger partial charge >= 0.3 is 0 Å². The zero-order valence-electron chi connectivity index (χ0n) is 7.73. The summed E-state index contributed by atoms with van der Waals surface area (Å²) in [6.07, 6.45) is 1.68. The van der Waals surface area contributed by atoms with Crippen molar-refractivity contribution in [3.05, 3.63) is 29.8 Å². The van der Waals surface area contributed by atoms with Gasteiger partial charge in [0.15, 0.2) is 8.46 Å². The summed E-state index contributed by atoms with van der Waals surface area (Å²) in [4.78, 5) is 0. The molecule has 1 aromatic carbocycles. The van der Waals surface area contributed by atoms with E-state index in [1.807, 2.05) is 24.3 Å². The lowest BCUT2D eigenvalue weighted by atomic mass is 9.98. The van der Waals surface area contributed by atoms with Gasteiger partial charge in [0.1, 0.15) is 0 Å². The topological polar surface area (TPSA) is 43.1 Å². The van der Waals surface area contributed by atoms with Crippen LogP contribution >= 0.6 is 8.46 Å². The fourth-order valence-electron chi connectivity index (χ4n) is 1.37. The summed E-state index contributed by atoms with van der Waals surface area (Å²) in [6.45, 7) is 2.10. The van der Waals surface area contributed by atoms with Crippen molar-refractivity contribution in [3.8, 4) is 0 Å². The highest BCUT2D eigenvalue weighted by Crippen LogP contribution is 2.24. The van der Waals surface area contributed by atoms with E-state index in [0.29, 0.717) is 12.1 Å². The van der Waals surface area contributed by atoms with Crippen LogP contribution in [0.1, 0.15) is 24.8 Å². The third-order valence-electron chi connectivity index (χ3n) is 2.17. The molecular formula is C10H14NOP. The lowest BCUT2D eigenvalue weighted by Gasteiger charge is -2.11. The number of anilines is 1. The van der Waals surface area contributed by atoms with E-state index in [1.54, 1.807) is 0 Å². The van der Waals surface area contributed by atoms with Gasteiger partial charge in [-0.05, 0) is 30.0 Å². The molecule has 0 spiro atoms. The van der Waals surface area contributed by atoms with Crippen LogP contribution in [0.5, 0.6) is 0 Å². The molecule has 0 saturated heterocycles. The van der Waals surface area contributed by atoms with Gasteiger partial charge < -0.3 is 5.73 Å². The number of hydrogen-bond donors (Lipinski definition) is 1. The highest BCUT2D eigenvalue weighted by molar-refractivity contribution is 7.23. The standard InChI is InChI=1S/C10H14NOP/c1-2-8(7-13-12)9-4-3-5-10(11)6-9/h3-6,8H,2,7,11H2,1H3. The molecule has 3 heteroatoms. The molecule has 0 heterocycles. The molecule has 0 amide bonds. The van der Waals surface area contributed by atoms with Crippen LogP contribution in [-0.4, -0.2) is 6.16 Å². The van der Waals surface area contributed by atoms with E-state index < -0.39 is 0 Å². The first-order valence-electron chi connectivity index (χ1n) is 4.42. The molecular weight excluding hydrogens is 181 g/mol. The Morgan fingerprint density at radius 3 is 2.85 bits per heavy atom. The van der Waals surface area contributed by atoms with Gasteiger partial charge in [-0.15, -0.1) is 0 Å². The summed E-state index contributed by atoms with van der Waals surface area (Å²) in [6, 6.07) is 7.80. The van der Waals surface area contributed by atoms with Gasteiger partial charge in [0.25, 0.3) is 0 Å². The summed E-state index contributed by atoms with van der Waals surface area (Å²) in [5.74, 6) is 0.364. The molecule has 70 valence electrons. The lowest BCUT2D eigenvalue weighted by Crippen LogP contribution is -1.99. The number of hydrogen-bond acceptors (Lipinski definition) is 2. The van der Waals surface area contributed by atoms with Gasteiger partial charge in [-0.2, -0.15) is 0 Å². The summed E-state index contributed by atoms with van der Waals surface area (Å²) in [5.41, 5.74) is 7.63. The van der Waals surface area contributed by atoms with E-state index in [9.17, 15) is 4.57 Å². The highest BCUT2D eigenvalue weighted by Gasteiger charge is 2.08. The van der Waals surface area contributed by atoms with E-state index in [0.717, 1.165) is 12.1 Å². The Balaban J connectivity index is 2.84. The Morgan fingerprint density at radius 1 is 1.54 bits per heavy atom. The molecule has 0 radical (unpaired) electrons. The van der Waals surface area contributed by atoms with E-state index >= 15 is 0 Å². The summed E-state index contributed by atoms with van der Waals surface area (Å²) < 4.78 is 10.5. The molecule has 1 aromatic rings. The molecule has 0 aliphatic heterocycles. The van der Waals surface area contributed by atoms with Crippen LogP contribution in [0.2, 0.25) is 0 Å². The first-order valence-corrected chi connectivity index (χ1v) is 5.42. The quantitative estimate of drug-likeness (QED) is 0.592. The van der Waals surface area contributed by atoms with Crippen molar-refractivity contribution in [1.29, 1.82) is 0 Å². The monoisotopic (exact) mass is 195 g/mol. The van der Waals surface area contributed by atoms with Crippen LogP contribution in [-0.2, 0) is 4.57 Å². The zero-order chi connectivity index (χ0) is 9.68. The van der Waals surface area contributed by atoms with Gasteiger partial charge in [0, 0.05) is 11.8 Å². The molecule has 0 aromatic heterocycles. The van der Waals surface area contributed by atoms with Crippen LogP contribution in [0, 0.1) is 0 Å². The predicted octanol–water partition coefficient (Wildman–Crippen LogP) is 3.05. The molecule has 1 unspecified atom stereocenters. The third kappa shape index (κ3) is 2.82. The second kappa shape index (κ2) is 4.98. The van der Waals surface area contributed by atoms with Crippen LogP contribution in [0.3, 0.4) is 0 Å². The van der Waals surface area contributed by atoms with Crippen molar-refractivity contribution >= 4 is 14.1 Å². The van der Waals surface area contributed by atoms with E-state index in [4.69, 9.17) is 5.73 Å². The van der Waals surface area contributed by atoms with E-state index in [1.165, 1.54) is 5.56 Å². The molecule has 0 bridgehead atoms. The fourth-order valence-corrected chi connectivity index (χ4v) is 2.02. The Morgan fingerprint density at radius 2 is 2.31 bits per heavy atom. The van der Waals surface area contributed by atoms with E-state index in [-0.39, 0.29) is 8.46 Å². The van der Waals surface area contributed by atoms with Crippen molar-refractivity contribution < 1.29 is 4.57 Å². The van der Waals surface area contributed by atoms with Gasteiger partial charge in [-0.25, -0.2) is 0 Å². The molecule has 0 aliphatic rings. The molecule has 0 aliphatic carbocycles. The second-order valence-corrected chi connectivity index (χ2v) is 3.71. The van der Waals surface area contributed by atoms with Crippen molar-refractivity contribution in [3.63, 3.8) is 0 Å². The Bertz CT molecular complexity index is 288. The van der Waals surface area contributed by atoms with Gasteiger partial charge in [0.05, 0.1) is 0 Å². The molecule has 2 nitrogen and oxygen atoms in total. The highest BCUT2D eigenvalue weighted by atomic mass is 31.1. The third-order valence-corrected chi connectivity index (χ3v) is 2.76. The smallest absolute Gasteiger partial charge is 0.155 e. The number of rotatable bonds is 4. The number of benzene rings is 1. The molecule has 1 atom stereocenters. The van der Waals surface area contributed by atoms with Crippen LogP contribution in [0.25, 0.3) is 0 Å². The van der Waals surface area contributed by atoms with E-state index in [2.05, 4.69) is 6.92 Å². The van der Waals surface area contributed by atoms with Gasteiger partial charge in [0.2, 0.25) is 0 Å². The molecule has 13 heavy (non-hydrogen) atoms. The molecule has 2 N–H and O–H groups in total. The van der Waals surface area contributed by atoms with Gasteiger partial charge in [-0.3, -0.25) is 4.57 Å². The zero-order valence-corrected chi connectivity index (χ0v) is 8.63. The normalized spacial score (nSPS) is 13.0. The average molecular weight is 195 g/mol. The maximum absolute atomic E-state index is 10.5. The molecule has 0 fully saturated rings. The Hall–Kier alpha value is -0.880. The van der Waals surface area contributed by atoms with Gasteiger partial charge in [-0.1, -0.05) is 19.1 Å². The molecule has 0 saturated carbocycles. The van der Waals surface area contributed by atoms with Crippen LogP contribution < -0.4 is 5.73 Å². The average Bonchev–Trinajstić information content (AvgIpc) is 2.14. The van der Waals surface area contributed by atoms with Crippen molar-refractivity contribution in [1.82, 2.24) is 0 Å². The minimum absolute atomic E-state index is 0.210. The number of nitrogen functional groups attached to an aromatic ring is 1. The summed E-state index contributed by atoms with van der Waals surface area (Å²) >= 11 is 0. The van der Waals surface area contributed by atoms with Crippen molar-refractivity contribution in [2.75, 3.05) is 11.9 Å². The van der Waals surface area contributed by atoms with Crippen LogP contribution in [0.4, 0.5) is 5.69 Å². The largest absolute Gasteiger partial charge is 0.399 e. The van der Waals surface area contributed by atoms with Crippen molar-refractivity contribution in [2.24, 2.45) is 0 Å². The maximum Gasteiger partial charge on any atom is 0.155 e. The van der Waals surface area contributed by atoms with Crippen molar-refractivity contribution in [2.45, 2.75) is 19.3 Å². The second-order valence-electron chi connectivity index (χ2n) is 3.09. The lowest BCUT2D eigenvalue weighted by molar-refractivity contribution is 0.593. The minimum Gasteiger partial charge on any atom is -0.399 e. The maximum atomic E-state index is 10.5. The molecule has 1 rings (SSSR count). The number of nitrogens with two attached hydrogens (primary N) is 1. The Kier molecular flexibility index (Phi) is 3.91. The van der Waals surface area contributed by atoms with Crippen LogP contribution in [0.15, 0.2) is 24.3 Å². The first kappa shape index (κ1) is 10.2. The first-order chi connectivity index (χ1) is 6.27. The fraction of sp³-hybridized carbons (Fsp3) is 0.400. The Labute approximate surface area is 80.4 Å². The predicted molar refractivity (Wildman–Crippen MR) is 56.4 cm³/mol. The SMILES string of the molecule is CCC(CP=O)c1cccc(N)c1. The minimum atomic E-state index is 0.210. The summed E-state index contributed by atoms with van der Waals surface area (Å²) in [5, 5.41) is 0.